The number of H-pyrrole nitrogens is 1. The maximum absolute atomic E-state index is 14.3. The molecule has 1 fully saturated rings. The molecule has 4 rings (SSSR count). The van der Waals surface area contributed by atoms with Gasteiger partial charge in [0.05, 0.1) is 6.54 Å². The second kappa shape index (κ2) is 7.04. The summed E-state index contributed by atoms with van der Waals surface area (Å²) in [6, 6.07) is 4.43. The molecule has 3 aromatic rings. The van der Waals surface area contributed by atoms with E-state index in [2.05, 4.69) is 25.0 Å². The summed E-state index contributed by atoms with van der Waals surface area (Å²) in [6.45, 7) is 3.45. The molecule has 0 spiro atoms. The summed E-state index contributed by atoms with van der Waals surface area (Å²) in [6.07, 6.45) is 6.28. The third-order valence-corrected chi connectivity index (χ3v) is 4.45. The van der Waals surface area contributed by atoms with Crippen molar-refractivity contribution in [2.45, 2.75) is 6.54 Å². The van der Waals surface area contributed by atoms with Gasteiger partial charge in [0.2, 0.25) is 0 Å². The normalized spacial score (nSPS) is 15.3. The predicted molar refractivity (Wildman–Crippen MR) is 91.1 cm³/mol. The molecule has 0 saturated carbocycles. The van der Waals surface area contributed by atoms with E-state index in [0.717, 1.165) is 25.5 Å². The highest BCUT2D eigenvalue weighted by atomic mass is 19.1. The maximum atomic E-state index is 14.3. The summed E-state index contributed by atoms with van der Waals surface area (Å²) in [7, 11) is 0. The van der Waals surface area contributed by atoms with Crippen molar-refractivity contribution in [1.29, 1.82) is 0 Å². The molecule has 8 nitrogen and oxygen atoms in total. The van der Waals surface area contributed by atoms with Crippen LogP contribution < -0.4 is 0 Å². The fourth-order valence-corrected chi connectivity index (χ4v) is 3.05. The summed E-state index contributed by atoms with van der Waals surface area (Å²) in [5, 5.41) is 3.91. The Morgan fingerprint density at radius 2 is 2.08 bits per heavy atom. The molecule has 0 atom stereocenters. The number of carbonyl (C=O) groups excluding carboxylic acids is 1. The molecule has 1 aliphatic rings. The van der Waals surface area contributed by atoms with Crippen molar-refractivity contribution in [3.63, 3.8) is 0 Å². The van der Waals surface area contributed by atoms with Gasteiger partial charge in [-0.3, -0.25) is 9.69 Å². The van der Waals surface area contributed by atoms with E-state index in [0.29, 0.717) is 18.7 Å². The molecule has 0 aliphatic carbocycles. The van der Waals surface area contributed by atoms with Crippen LogP contribution in [0.2, 0.25) is 0 Å². The van der Waals surface area contributed by atoms with Crippen molar-refractivity contribution in [2.75, 3.05) is 26.2 Å². The number of hydrogen-bond donors (Lipinski definition) is 1. The number of hydrogen-bond acceptors (Lipinski definition) is 5. The smallest absolute Gasteiger partial charge is 0.254 e. The minimum absolute atomic E-state index is 0.160. The second-order valence-electron chi connectivity index (χ2n) is 6.11. The predicted octanol–water partition coefficient (Wildman–Crippen LogP) is 1.09. The monoisotopic (exact) mass is 355 g/mol. The minimum atomic E-state index is -0.502. The number of aromatic nitrogens is 5. The van der Waals surface area contributed by atoms with Crippen LogP contribution in [0.25, 0.3) is 5.69 Å². The van der Waals surface area contributed by atoms with Crippen LogP contribution in [-0.2, 0) is 6.54 Å². The zero-order valence-corrected chi connectivity index (χ0v) is 14.0. The SMILES string of the molecule is O=C(c1ccc(-n2cncn2)c(F)c1)N1CCN(Cc2ncc[nH]2)CC1. The third kappa shape index (κ3) is 3.33. The topological polar surface area (TPSA) is 82.9 Å². The van der Waals surface area contributed by atoms with Crippen LogP contribution in [0.1, 0.15) is 16.2 Å². The van der Waals surface area contributed by atoms with Gasteiger partial charge in [0.15, 0.2) is 0 Å². The molecule has 2 aromatic heterocycles. The zero-order chi connectivity index (χ0) is 17.9. The molecule has 1 aliphatic heterocycles. The van der Waals surface area contributed by atoms with Gasteiger partial charge in [-0.05, 0) is 18.2 Å². The molecule has 3 heterocycles. The van der Waals surface area contributed by atoms with Crippen LogP contribution in [0.15, 0.2) is 43.2 Å². The van der Waals surface area contributed by atoms with Crippen LogP contribution in [0.5, 0.6) is 0 Å². The van der Waals surface area contributed by atoms with Crippen molar-refractivity contribution in [2.24, 2.45) is 0 Å². The van der Waals surface area contributed by atoms with Gasteiger partial charge in [0.1, 0.15) is 30.0 Å². The van der Waals surface area contributed by atoms with Crippen LogP contribution in [-0.4, -0.2) is 66.6 Å². The minimum Gasteiger partial charge on any atom is -0.348 e. The highest BCUT2D eigenvalue weighted by molar-refractivity contribution is 5.94. The summed E-state index contributed by atoms with van der Waals surface area (Å²) < 4.78 is 15.7. The third-order valence-electron chi connectivity index (χ3n) is 4.45. The Bertz CT molecular complexity index is 871. The Kier molecular flexibility index (Phi) is 4.44. The standard InChI is InChI=1S/C17H18FN7O/c18-14-9-13(1-2-15(14)25-12-19-11-22-25)17(26)24-7-5-23(6-8-24)10-16-20-3-4-21-16/h1-4,9,11-12H,5-8,10H2,(H,20,21). The lowest BCUT2D eigenvalue weighted by molar-refractivity contribution is 0.0625. The van der Waals surface area contributed by atoms with E-state index >= 15 is 0 Å². The number of benzene rings is 1. The van der Waals surface area contributed by atoms with Gasteiger partial charge in [0, 0.05) is 44.1 Å². The molecule has 1 aromatic carbocycles. The molecule has 0 unspecified atom stereocenters. The number of amides is 1. The zero-order valence-electron chi connectivity index (χ0n) is 14.0. The fraction of sp³-hybridized carbons (Fsp3) is 0.294. The number of rotatable bonds is 4. The van der Waals surface area contributed by atoms with Crippen molar-refractivity contribution in [3.8, 4) is 5.69 Å². The van der Waals surface area contributed by atoms with Gasteiger partial charge >= 0.3 is 0 Å². The summed E-state index contributed by atoms with van der Waals surface area (Å²) in [5.41, 5.74) is 0.605. The lowest BCUT2D eigenvalue weighted by Crippen LogP contribution is -2.48. The molecular formula is C17H18FN7O. The molecule has 134 valence electrons. The average Bonchev–Trinajstić information content (AvgIpc) is 3.36. The summed E-state index contributed by atoms with van der Waals surface area (Å²) in [4.78, 5) is 27.8. The molecule has 9 heteroatoms. The molecule has 0 bridgehead atoms. The van der Waals surface area contributed by atoms with Gasteiger partial charge in [-0.15, -0.1) is 0 Å². The lowest BCUT2D eigenvalue weighted by Gasteiger charge is -2.34. The summed E-state index contributed by atoms with van der Waals surface area (Å²) in [5.74, 6) is 0.250. The highest BCUT2D eigenvalue weighted by Crippen LogP contribution is 2.16. The van der Waals surface area contributed by atoms with Crippen molar-refractivity contribution in [3.05, 3.63) is 60.5 Å². The molecule has 1 amide bonds. The molecule has 0 radical (unpaired) electrons. The first-order chi connectivity index (χ1) is 12.7. The number of aromatic amines is 1. The van der Waals surface area contributed by atoms with E-state index in [1.807, 2.05) is 0 Å². The first-order valence-corrected chi connectivity index (χ1v) is 8.35. The van der Waals surface area contributed by atoms with E-state index in [1.165, 1.54) is 23.4 Å². The Morgan fingerprint density at radius 1 is 1.23 bits per heavy atom. The van der Waals surface area contributed by atoms with Crippen LogP contribution >= 0.6 is 0 Å². The number of piperazine rings is 1. The largest absolute Gasteiger partial charge is 0.348 e. The van der Waals surface area contributed by atoms with Crippen molar-refractivity contribution >= 4 is 5.91 Å². The number of nitrogens with one attached hydrogen (secondary N) is 1. The fourth-order valence-electron chi connectivity index (χ4n) is 3.05. The maximum Gasteiger partial charge on any atom is 0.254 e. The number of halogens is 1. The quantitative estimate of drug-likeness (QED) is 0.757. The molecule has 1 saturated heterocycles. The first kappa shape index (κ1) is 16.4. The number of nitrogens with zero attached hydrogens (tertiary/aromatic N) is 6. The van der Waals surface area contributed by atoms with E-state index in [9.17, 15) is 9.18 Å². The van der Waals surface area contributed by atoms with E-state index < -0.39 is 5.82 Å². The first-order valence-electron chi connectivity index (χ1n) is 8.35. The van der Waals surface area contributed by atoms with Crippen LogP contribution in [0.3, 0.4) is 0 Å². The van der Waals surface area contributed by atoms with Gasteiger partial charge in [0.25, 0.3) is 5.91 Å². The average molecular weight is 355 g/mol. The molecule has 1 N–H and O–H groups in total. The van der Waals surface area contributed by atoms with E-state index in [4.69, 9.17) is 0 Å². The lowest BCUT2D eigenvalue weighted by atomic mass is 10.1. The van der Waals surface area contributed by atoms with Crippen LogP contribution in [0.4, 0.5) is 4.39 Å². The van der Waals surface area contributed by atoms with E-state index in [-0.39, 0.29) is 11.6 Å². The van der Waals surface area contributed by atoms with Gasteiger partial charge < -0.3 is 9.88 Å². The van der Waals surface area contributed by atoms with Crippen molar-refractivity contribution in [1.82, 2.24) is 34.5 Å². The number of carbonyl (C=O) groups is 1. The Balaban J connectivity index is 1.40. The van der Waals surface area contributed by atoms with Gasteiger partial charge in [-0.1, -0.05) is 0 Å². The summed E-state index contributed by atoms with van der Waals surface area (Å²) >= 11 is 0. The van der Waals surface area contributed by atoms with Crippen LogP contribution in [0, 0.1) is 5.82 Å². The number of imidazole rings is 1. The second-order valence-corrected chi connectivity index (χ2v) is 6.11. The molecule has 26 heavy (non-hydrogen) atoms. The Hall–Kier alpha value is -3.07. The Labute approximate surface area is 149 Å². The van der Waals surface area contributed by atoms with Gasteiger partial charge in [-0.25, -0.2) is 19.0 Å². The van der Waals surface area contributed by atoms with E-state index in [1.54, 1.807) is 29.4 Å². The van der Waals surface area contributed by atoms with Gasteiger partial charge in [-0.2, -0.15) is 5.10 Å². The van der Waals surface area contributed by atoms with Crippen molar-refractivity contribution < 1.29 is 9.18 Å². The Morgan fingerprint density at radius 3 is 2.73 bits per heavy atom. The highest BCUT2D eigenvalue weighted by Gasteiger charge is 2.23. The molecular weight excluding hydrogens is 337 g/mol.